The molecule has 1 unspecified atom stereocenters. The van der Waals surface area contributed by atoms with Gasteiger partial charge in [0, 0.05) is 18.0 Å². The zero-order valence-corrected chi connectivity index (χ0v) is 11.7. The molecular weight excluding hydrogens is 294 g/mol. The molecule has 1 atom stereocenters. The summed E-state index contributed by atoms with van der Waals surface area (Å²) < 4.78 is 28.6. The maximum atomic E-state index is 13.7. The van der Waals surface area contributed by atoms with Gasteiger partial charge in [-0.2, -0.15) is 0 Å². The predicted molar refractivity (Wildman–Crippen MR) is 76.9 cm³/mol. The van der Waals surface area contributed by atoms with Crippen LogP contribution in [0.3, 0.4) is 0 Å². The predicted octanol–water partition coefficient (Wildman–Crippen LogP) is 3.62. The lowest BCUT2D eigenvalue weighted by atomic mass is 10.1. The van der Waals surface area contributed by atoms with Gasteiger partial charge in [0.15, 0.2) is 0 Å². The first-order valence-corrected chi connectivity index (χ1v) is 7.21. The van der Waals surface area contributed by atoms with Gasteiger partial charge in [0.1, 0.15) is 17.5 Å². The second-order valence-corrected chi connectivity index (χ2v) is 5.51. The van der Waals surface area contributed by atoms with Crippen molar-refractivity contribution in [1.82, 2.24) is 9.55 Å². The highest BCUT2D eigenvalue weighted by Crippen LogP contribution is 2.26. The molecule has 0 aliphatic rings. The minimum atomic E-state index is -1.14. The molecule has 6 heteroatoms. The molecule has 3 nitrogen and oxygen atoms in total. The lowest BCUT2D eigenvalue weighted by molar-refractivity contribution is 0.152. The molecule has 0 radical (unpaired) electrons. The fourth-order valence-electron chi connectivity index (χ4n) is 2.14. The third kappa shape index (κ3) is 2.86. The summed E-state index contributed by atoms with van der Waals surface area (Å²) in [6, 6.07) is 6.88. The second kappa shape index (κ2) is 5.75. The lowest BCUT2D eigenvalue weighted by Gasteiger charge is -2.14. The van der Waals surface area contributed by atoms with Crippen molar-refractivity contribution in [3.05, 3.63) is 65.3 Å². The summed E-state index contributed by atoms with van der Waals surface area (Å²) in [5.74, 6) is -0.503. The van der Waals surface area contributed by atoms with Crippen molar-refractivity contribution in [3.8, 4) is 10.7 Å². The van der Waals surface area contributed by atoms with E-state index >= 15 is 0 Å². The highest BCUT2D eigenvalue weighted by atomic mass is 32.1. The quantitative estimate of drug-likeness (QED) is 0.799. The smallest absolute Gasteiger partial charge is 0.150 e. The highest BCUT2D eigenvalue weighted by Gasteiger charge is 2.16. The molecule has 2 aromatic heterocycles. The Morgan fingerprint density at radius 3 is 2.90 bits per heavy atom. The molecule has 0 aliphatic heterocycles. The van der Waals surface area contributed by atoms with Crippen LogP contribution in [-0.2, 0) is 6.54 Å². The van der Waals surface area contributed by atoms with Gasteiger partial charge in [-0.3, -0.25) is 0 Å². The van der Waals surface area contributed by atoms with Gasteiger partial charge in [-0.15, -0.1) is 11.3 Å². The van der Waals surface area contributed by atoms with Crippen LogP contribution in [0.1, 0.15) is 11.7 Å². The summed E-state index contributed by atoms with van der Waals surface area (Å²) in [4.78, 5) is 5.19. The summed E-state index contributed by atoms with van der Waals surface area (Å²) in [6.07, 6.45) is 2.17. The van der Waals surface area contributed by atoms with Crippen LogP contribution in [0.25, 0.3) is 10.7 Å². The van der Waals surface area contributed by atoms with Crippen molar-refractivity contribution in [3.63, 3.8) is 0 Å². The van der Waals surface area contributed by atoms with Gasteiger partial charge in [0.05, 0.1) is 17.5 Å². The number of thiophene rings is 1. The Kier molecular flexibility index (Phi) is 3.81. The lowest BCUT2D eigenvalue weighted by Crippen LogP contribution is -2.11. The van der Waals surface area contributed by atoms with Gasteiger partial charge in [-0.1, -0.05) is 6.07 Å². The maximum absolute atomic E-state index is 13.7. The van der Waals surface area contributed by atoms with Crippen LogP contribution in [0, 0.1) is 11.6 Å². The Balaban J connectivity index is 1.87. The van der Waals surface area contributed by atoms with E-state index in [-0.39, 0.29) is 12.1 Å². The molecule has 21 heavy (non-hydrogen) atoms. The van der Waals surface area contributed by atoms with Crippen LogP contribution >= 0.6 is 11.3 Å². The molecule has 3 aromatic rings. The molecule has 0 amide bonds. The zero-order chi connectivity index (χ0) is 14.8. The van der Waals surface area contributed by atoms with Crippen LogP contribution < -0.4 is 0 Å². The van der Waals surface area contributed by atoms with Crippen LogP contribution in [-0.4, -0.2) is 14.7 Å². The fourth-order valence-corrected chi connectivity index (χ4v) is 2.88. The topological polar surface area (TPSA) is 38.0 Å². The Morgan fingerprint density at radius 2 is 2.14 bits per heavy atom. The number of imidazole rings is 1. The minimum Gasteiger partial charge on any atom is -0.386 e. The summed E-state index contributed by atoms with van der Waals surface area (Å²) in [7, 11) is 0. The zero-order valence-electron chi connectivity index (χ0n) is 10.9. The average Bonchev–Trinajstić information content (AvgIpc) is 3.11. The van der Waals surface area contributed by atoms with E-state index < -0.39 is 17.7 Å². The largest absolute Gasteiger partial charge is 0.386 e. The molecule has 3 rings (SSSR count). The Morgan fingerprint density at radius 1 is 1.29 bits per heavy atom. The van der Waals surface area contributed by atoms with E-state index in [1.165, 1.54) is 11.3 Å². The van der Waals surface area contributed by atoms with E-state index in [1.807, 2.05) is 17.5 Å². The van der Waals surface area contributed by atoms with E-state index in [1.54, 1.807) is 17.0 Å². The first-order chi connectivity index (χ1) is 10.1. The van der Waals surface area contributed by atoms with Crippen molar-refractivity contribution in [2.75, 3.05) is 0 Å². The summed E-state index contributed by atoms with van der Waals surface area (Å²) in [5.41, 5.74) is -0.0548. The summed E-state index contributed by atoms with van der Waals surface area (Å²) in [5, 5.41) is 12.1. The van der Waals surface area contributed by atoms with Crippen molar-refractivity contribution < 1.29 is 13.9 Å². The first kappa shape index (κ1) is 13.9. The number of aliphatic hydroxyl groups excluding tert-OH is 1. The van der Waals surface area contributed by atoms with Crippen molar-refractivity contribution >= 4 is 11.3 Å². The Hall–Kier alpha value is -2.05. The molecule has 0 saturated heterocycles. The van der Waals surface area contributed by atoms with Crippen molar-refractivity contribution in [1.29, 1.82) is 0 Å². The average molecular weight is 306 g/mol. The monoisotopic (exact) mass is 306 g/mol. The van der Waals surface area contributed by atoms with E-state index in [0.29, 0.717) is 5.82 Å². The van der Waals surface area contributed by atoms with Gasteiger partial charge in [0.25, 0.3) is 0 Å². The maximum Gasteiger partial charge on any atom is 0.150 e. The SMILES string of the molecule is OC(Cn1ccnc1-c1cccs1)c1cc(F)ccc1F. The Bertz CT molecular complexity index is 740. The molecular formula is C15H12F2N2OS. The molecule has 0 bridgehead atoms. The van der Waals surface area contributed by atoms with E-state index in [0.717, 1.165) is 23.1 Å². The number of hydrogen-bond donors (Lipinski definition) is 1. The van der Waals surface area contributed by atoms with Crippen LogP contribution in [0.15, 0.2) is 48.1 Å². The fraction of sp³-hybridized carbons (Fsp3) is 0.133. The number of rotatable bonds is 4. The molecule has 2 heterocycles. The number of nitrogens with zero attached hydrogens (tertiary/aromatic N) is 2. The van der Waals surface area contributed by atoms with Gasteiger partial charge in [0.2, 0.25) is 0 Å². The second-order valence-electron chi connectivity index (χ2n) is 4.56. The Labute approximate surface area is 124 Å². The number of aromatic nitrogens is 2. The molecule has 108 valence electrons. The van der Waals surface area contributed by atoms with Gasteiger partial charge in [-0.25, -0.2) is 13.8 Å². The van der Waals surface area contributed by atoms with Crippen LogP contribution in [0.4, 0.5) is 8.78 Å². The standard InChI is InChI=1S/C15H12F2N2OS/c16-10-3-4-12(17)11(8-10)13(20)9-19-6-5-18-15(19)14-2-1-7-21-14/h1-8,13,20H,9H2. The third-order valence-electron chi connectivity index (χ3n) is 3.14. The van der Waals surface area contributed by atoms with Crippen molar-refractivity contribution in [2.24, 2.45) is 0 Å². The van der Waals surface area contributed by atoms with Crippen LogP contribution in [0.2, 0.25) is 0 Å². The van der Waals surface area contributed by atoms with E-state index in [2.05, 4.69) is 4.98 Å². The molecule has 0 aliphatic carbocycles. The number of hydrogen-bond acceptors (Lipinski definition) is 3. The number of benzene rings is 1. The molecule has 1 N–H and O–H groups in total. The third-order valence-corrected chi connectivity index (χ3v) is 4.01. The molecule has 1 aromatic carbocycles. The normalized spacial score (nSPS) is 12.5. The first-order valence-electron chi connectivity index (χ1n) is 6.33. The summed E-state index contributed by atoms with van der Waals surface area (Å²) >= 11 is 1.52. The molecule has 0 spiro atoms. The highest BCUT2D eigenvalue weighted by molar-refractivity contribution is 7.13. The minimum absolute atomic E-state index is 0.0548. The van der Waals surface area contributed by atoms with E-state index in [9.17, 15) is 13.9 Å². The van der Waals surface area contributed by atoms with Gasteiger partial charge in [-0.05, 0) is 29.6 Å². The van der Waals surface area contributed by atoms with Gasteiger partial charge < -0.3 is 9.67 Å². The number of halogens is 2. The summed E-state index contributed by atoms with van der Waals surface area (Å²) in [6.45, 7) is 0.105. The number of aliphatic hydroxyl groups is 1. The van der Waals surface area contributed by atoms with Crippen LogP contribution in [0.5, 0.6) is 0 Å². The van der Waals surface area contributed by atoms with E-state index in [4.69, 9.17) is 0 Å². The molecule has 0 fully saturated rings. The molecule has 0 saturated carbocycles. The van der Waals surface area contributed by atoms with Crippen molar-refractivity contribution in [2.45, 2.75) is 12.6 Å². The van der Waals surface area contributed by atoms with Gasteiger partial charge >= 0.3 is 0 Å².